The molecule has 0 aromatic carbocycles. The number of hydrogen-bond donors (Lipinski definition) is 0. The molecular formula is C9H7BrN2O. The molecular weight excluding hydrogens is 232 g/mol. The summed E-state index contributed by atoms with van der Waals surface area (Å²) in [6.07, 6.45) is 1.70. The molecule has 3 nitrogen and oxygen atoms in total. The van der Waals surface area contributed by atoms with Gasteiger partial charge in [0.2, 0.25) is 0 Å². The molecule has 0 aliphatic rings. The summed E-state index contributed by atoms with van der Waals surface area (Å²) in [5, 5.41) is 0. The second-order valence-electron chi connectivity index (χ2n) is 2.79. The highest BCUT2D eigenvalue weighted by Crippen LogP contribution is 2.13. The van der Waals surface area contributed by atoms with E-state index < -0.39 is 0 Å². The zero-order valence-electron chi connectivity index (χ0n) is 6.99. The first-order valence-corrected chi connectivity index (χ1v) is 4.62. The van der Waals surface area contributed by atoms with Crippen LogP contribution in [0.15, 0.2) is 33.7 Å². The summed E-state index contributed by atoms with van der Waals surface area (Å²) in [5.74, 6) is 0. The van der Waals surface area contributed by atoms with E-state index in [1.54, 1.807) is 19.2 Å². The average Bonchev–Trinajstić information content (AvgIpc) is 2.07. The van der Waals surface area contributed by atoms with E-state index >= 15 is 0 Å². The standard InChI is InChI=1S/C9H7BrN2O/c1-6-5-8(13)12-4-2-3-7(10)9(12)11-6/h2-5H,1H3. The molecule has 2 aromatic heterocycles. The molecule has 0 unspecified atom stereocenters. The van der Waals surface area contributed by atoms with Crippen molar-refractivity contribution in [2.75, 3.05) is 0 Å². The first-order chi connectivity index (χ1) is 6.18. The third-order valence-corrected chi connectivity index (χ3v) is 2.39. The van der Waals surface area contributed by atoms with Crippen molar-refractivity contribution in [1.29, 1.82) is 0 Å². The van der Waals surface area contributed by atoms with E-state index in [4.69, 9.17) is 0 Å². The Kier molecular flexibility index (Phi) is 1.92. The summed E-state index contributed by atoms with van der Waals surface area (Å²) in [4.78, 5) is 15.7. The molecule has 13 heavy (non-hydrogen) atoms. The van der Waals surface area contributed by atoms with Gasteiger partial charge in [-0.2, -0.15) is 0 Å². The quantitative estimate of drug-likeness (QED) is 0.702. The second-order valence-corrected chi connectivity index (χ2v) is 3.64. The van der Waals surface area contributed by atoms with Gasteiger partial charge in [-0.1, -0.05) is 0 Å². The molecule has 0 atom stereocenters. The Balaban J connectivity index is 3.03. The van der Waals surface area contributed by atoms with E-state index in [2.05, 4.69) is 20.9 Å². The van der Waals surface area contributed by atoms with Crippen LogP contribution in [0.2, 0.25) is 0 Å². The third-order valence-electron chi connectivity index (χ3n) is 1.77. The monoisotopic (exact) mass is 238 g/mol. The normalized spacial score (nSPS) is 10.6. The van der Waals surface area contributed by atoms with Gasteiger partial charge in [-0.3, -0.25) is 9.20 Å². The van der Waals surface area contributed by atoms with Crippen LogP contribution in [-0.4, -0.2) is 9.38 Å². The van der Waals surface area contributed by atoms with E-state index in [1.165, 1.54) is 10.5 Å². The van der Waals surface area contributed by atoms with Crippen LogP contribution in [-0.2, 0) is 0 Å². The number of hydrogen-bond acceptors (Lipinski definition) is 2. The van der Waals surface area contributed by atoms with Gasteiger partial charge in [-0.05, 0) is 35.0 Å². The number of halogens is 1. The molecule has 0 aliphatic carbocycles. The first kappa shape index (κ1) is 8.44. The van der Waals surface area contributed by atoms with Gasteiger partial charge in [0.15, 0.2) is 5.65 Å². The maximum atomic E-state index is 11.5. The highest BCUT2D eigenvalue weighted by atomic mass is 79.9. The Morgan fingerprint density at radius 2 is 2.31 bits per heavy atom. The van der Waals surface area contributed by atoms with Gasteiger partial charge in [-0.15, -0.1) is 0 Å². The molecule has 0 aliphatic heterocycles. The highest BCUT2D eigenvalue weighted by molar-refractivity contribution is 9.10. The molecule has 0 radical (unpaired) electrons. The molecule has 0 saturated carbocycles. The van der Waals surface area contributed by atoms with Crippen molar-refractivity contribution < 1.29 is 0 Å². The molecule has 4 heteroatoms. The number of pyridine rings is 1. The summed E-state index contributed by atoms with van der Waals surface area (Å²) in [7, 11) is 0. The fraction of sp³-hybridized carbons (Fsp3) is 0.111. The second kappa shape index (κ2) is 2.96. The van der Waals surface area contributed by atoms with Gasteiger partial charge >= 0.3 is 0 Å². The smallest absolute Gasteiger partial charge is 0.258 e. The van der Waals surface area contributed by atoms with E-state index in [1.807, 2.05) is 6.07 Å². The summed E-state index contributed by atoms with van der Waals surface area (Å²) in [6.45, 7) is 1.81. The van der Waals surface area contributed by atoms with Gasteiger partial charge in [0.1, 0.15) is 0 Å². The predicted octanol–water partition coefficient (Wildman–Crippen LogP) is 1.77. The van der Waals surface area contributed by atoms with Gasteiger partial charge in [0.25, 0.3) is 5.56 Å². The minimum Gasteiger partial charge on any atom is -0.269 e. The van der Waals surface area contributed by atoms with Crippen molar-refractivity contribution in [2.24, 2.45) is 0 Å². The topological polar surface area (TPSA) is 34.4 Å². The van der Waals surface area contributed by atoms with Crippen LogP contribution < -0.4 is 5.56 Å². The van der Waals surface area contributed by atoms with E-state index in [-0.39, 0.29) is 5.56 Å². The van der Waals surface area contributed by atoms with Crippen molar-refractivity contribution in [3.63, 3.8) is 0 Å². The maximum Gasteiger partial charge on any atom is 0.258 e. The van der Waals surface area contributed by atoms with Crippen molar-refractivity contribution in [3.8, 4) is 0 Å². The van der Waals surface area contributed by atoms with Crippen LogP contribution in [0, 0.1) is 6.92 Å². The summed E-state index contributed by atoms with van der Waals surface area (Å²) >= 11 is 3.34. The predicted molar refractivity (Wildman–Crippen MR) is 53.9 cm³/mol. The molecule has 0 spiro atoms. The van der Waals surface area contributed by atoms with Crippen molar-refractivity contribution in [2.45, 2.75) is 6.92 Å². The molecule has 2 heterocycles. The third kappa shape index (κ3) is 1.37. The summed E-state index contributed by atoms with van der Waals surface area (Å²) in [6, 6.07) is 5.18. The minimum absolute atomic E-state index is 0.0520. The van der Waals surface area contributed by atoms with E-state index in [9.17, 15) is 4.79 Å². The van der Waals surface area contributed by atoms with Crippen LogP contribution in [0.25, 0.3) is 5.65 Å². The summed E-state index contributed by atoms with van der Waals surface area (Å²) < 4.78 is 2.34. The van der Waals surface area contributed by atoms with Crippen LogP contribution in [0.5, 0.6) is 0 Å². The molecule has 66 valence electrons. The zero-order valence-corrected chi connectivity index (χ0v) is 8.58. The van der Waals surface area contributed by atoms with Crippen molar-refractivity contribution >= 4 is 21.6 Å². The van der Waals surface area contributed by atoms with Gasteiger partial charge in [0.05, 0.1) is 4.47 Å². The lowest BCUT2D eigenvalue weighted by Crippen LogP contribution is -2.14. The van der Waals surface area contributed by atoms with E-state index in [0.29, 0.717) is 5.65 Å². The minimum atomic E-state index is -0.0520. The first-order valence-electron chi connectivity index (χ1n) is 3.83. The SMILES string of the molecule is Cc1cc(=O)n2cccc(Br)c2n1. The summed E-state index contributed by atoms with van der Waals surface area (Å²) in [5.41, 5.74) is 1.34. The Morgan fingerprint density at radius 1 is 1.54 bits per heavy atom. The van der Waals surface area contributed by atoms with Gasteiger partial charge in [-0.25, -0.2) is 4.98 Å². The molecule has 0 bridgehead atoms. The highest BCUT2D eigenvalue weighted by Gasteiger charge is 2.01. The number of fused-ring (bicyclic) bond motifs is 1. The lowest BCUT2D eigenvalue weighted by molar-refractivity contribution is 1.01. The number of aryl methyl sites for hydroxylation is 1. The lowest BCUT2D eigenvalue weighted by atomic mass is 10.4. The number of nitrogens with zero attached hydrogens (tertiary/aromatic N) is 2. The number of aromatic nitrogens is 2. The van der Waals surface area contributed by atoms with Crippen LogP contribution >= 0.6 is 15.9 Å². The van der Waals surface area contributed by atoms with Gasteiger partial charge in [0, 0.05) is 18.0 Å². The van der Waals surface area contributed by atoms with Gasteiger partial charge < -0.3 is 0 Å². The Morgan fingerprint density at radius 3 is 3.08 bits per heavy atom. The van der Waals surface area contributed by atoms with Crippen molar-refractivity contribution in [3.05, 3.63) is 44.9 Å². The molecule has 0 fully saturated rings. The fourth-order valence-electron chi connectivity index (χ4n) is 1.21. The fourth-order valence-corrected chi connectivity index (χ4v) is 1.64. The largest absolute Gasteiger partial charge is 0.269 e. The lowest BCUT2D eigenvalue weighted by Gasteiger charge is -2.01. The maximum absolute atomic E-state index is 11.5. The molecule has 2 rings (SSSR count). The van der Waals surface area contributed by atoms with Crippen LogP contribution in [0.4, 0.5) is 0 Å². The zero-order chi connectivity index (χ0) is 9.42. The Bertz CT molecular complexity index is 518. The molecule has 0 N–H and O–H groups in total. The van der Waals surface area contributed by atoms with Crippen molar-refractivity contribution in [1.82, 2.24) is 9.38 Å². The number of rotatable bonds is 0. The van der Waals surface area contributed by atoms with Crippen LogP contribution in [0.1, 0.15) is 5.69 Å². The Labute approximate surface area is 83.2 Å². The van der Waals surface area contributed by atoms with E-state index in [0.717, 1.165) is 10.2 Å². The molecule has 0 amide bonds. The van der Waals surface area contributed by atoms with Crippen LogP contribution in [0.3, 0.4) is 0 Å². The molecule has 2 aromatic rings. The average molecular weight is 239 g/mol. The molecule has 0 saturated heterocycles. The Hall–Kier alpha value is -1.16.